The molecule has 0 saturated heterocycles. The van der Waals surface area contributed by atoms with Gasteiger partial charge in [0.1, 0.15) is 0 Å². The van der Waals surface area contributed by atoms with Crippen LogP contribution in [-0.4, -0.2) is 32.5 Å². The summed E-state index contributed by atoms with van der Waals surface area (Å²) in [6.45, 7) is 5.85. The number of sulfone groups is 1. The van der Waals surface area contributed by atoms with E-state index in [1.807, 2.05) is 0 Å². The Labute approximate surface area is 105 Å². The molecule has 1 N–H and O–H groups in total. The molecule has 0 bridgehead atoms. The minimum atomic E-state index is -2.94. The molecule has 0 aliphatic heterocycles. The Balaban J connectivity index is 1.96. The van der Waals surface area contributed by atoms with Crippen molar-refractivity contribution in [2.75, 3.05) is 19.3 Å². The molecule has 2 rings (SSSR count). The second kappa shape index (κ2) is 4.23. The van der Waals surface area contributed by atoms with Crippen LogP contribution in [0.1, 0.15) is 46.0 Å². The molecular weight excluding hydrogens is 234 g/mol. The Morgan fingerprint density at radius 1 is 1.24 bits per heavy atom. The summed E-state index contributed by atoms with van der Waals surface area (Å²) < 4.78 is 23.5. The Bertz CT molecular complexity index is 374. The van der Waals surface area contributed by atoms with Crippen LogP contribution in [-0.2, 0) is 9.84 Å². The first-order chi connectivity index (χ1) is 7.79. The molecular formula is C13H25NO2S. The standard InChI is InChI=1S/C13H25NO2S/c1-11(2)7-14-10-13(17(3,15)16)8-12(9-13)5-4-6-12/h11,14H,4-10H2,1-3H3. The number of nitrogens with one attached hydrogen (secondary N) is 1. The molecule has 2 saturated carbocycles. The minimum absolute atomic E-state index is 0.405. The third-order valence-electron chi connectivity index (χ3n) is 4.59. The summed E-state index contributed by atoms with van der Waals surface area (Å²) in [4.78, 5) is 0. The first-order valence-electron chi connectivity index (χ1n) is 6.69. The number of rotatable bonds is 5. The van der Waals surface area contributed by atoms with Crippen molar-refractivity contribution in [1.82, 2.24) is 5.32 Å². The van der Waals surface area contributed by atoms with Crippen LogP contribution in [0.3, 0.4) is 0 Å². The zero-order valence-corrected chi connectivity index (χ0v) is 12.1. The van der Waals surface area contributed by atoms with E-state index in [-0.39, 0.29) is 0 Å². The fourth-order valence-electron chi connectivity index (χ4n) is 3.45. The highest BCUT2D eigenvalue weighted by molar-refractivity contribution is 7.92. The predicted molar refractivity (Wildman–Crippen MR) is 70.8 cm³/mol. The van der Waals surface area contributed by atoms with Gasteiger partial charge in [0, 0.05) is 12.8 Å². The fraction of sp³-hybridized carbons (Fsp3) is 1.00. The molecule has 0 unspecified atom stereocenters. The molecule has 2 aliphatic rings. The average Bonchev–Trinajstić information content (AvgIpc) is 2.02. The Morgan fingerprint density at radius 2 is 1.82 bits per heavy atom. The van der Waals surface area contributed by atoms with Crippen molar-refractivity contribution >= 4 is 9.84 Å². The van der Waals surface area contributed by atoms with Gasteiger partial charge < -0.3 is 5.32 Å². The van der Waals surface area contributed by atoms with E-state index in [2.05, 4.69) is 19.2 Å². The van der Waals surface area contributed by atoms with Crippen LogP contribution >= 0.6 is 0 Å². The third-order valence-corrected chi connectivity index (χ3v) is 6.60. The van der Waals surface area contributed by atoms with Crippen molar-refractivity contribution in [2.24, 2.45) is 11.3 Å². The lowest BCUT2D eigenvalue weighted by molar-refractivity contribution is -0.00846. The zero-order chi connectivity index (χ0) is 12.7. The maximum atomic E-state index is 12.0. The first kappa shape index (κ1) is 13.3. The van der Waals surface area contributed by atoms with Gasteiger partial charge in [0.05, 0.1) is 4.75 Å². The summed E-state index contributed by atoms with van der Waals surface area (Å²) in [7, 11) is -2.94. The van der Waals surface area contributed by atoms with E-state index < -0.39 is 14.6 Å². The lowest BCUT2D eigenvalue weighted by Crippen LogP contribution is -2.63. The molecule has 100 valence electrons. The normalized spacial score (nSPS) is 25.6. The summed E-state index contributed by atoms with van der Waals surface area (Å²) in [6, 6.07) is 0. The van der Waals surface area contributed by atoms with E-state index in [0.29, 0.717) is 17.9 Å². The Hall–Kier alpha value is -0.0900. The molecule has 0 atom stereocenters. The van der Waals surface area contributed by atoms with Crippen molar-refractivity contribution in [3.05, 3.63) is 0 Å². The lowest BCUT2D eigenvalue weighted by atomic mass is 9.51. The maximum absolute atomic E-state index is 12.0. The van der Waals surface area contributed by atoms with Crippen LogP contribution < -0.4 is 5.32 Å². The van der Waals surface area contributed by atoms with E-state index in [4.69, 9.17) is 0 Å². The molecule has 0 aromatic heterocycles. The van der Waals surface area contributed by atoms with Crippen LogP contribution in [0, 0.1) is 11.3 Å². The van der Waals surface area contributed by atoms with Gasteiger partial charge in [0.2, 0.25) is 0 Å². The molecule has 0 aromatic rings. The van der Waals surface area contributed by atoms with Crippen LogP contribution in [0.25, 0.3) is 0 Å². The van der Waals surface area contributed by atoms with Crippen LogP contribution in [0.4, 0.5) is 0 Å². The topological polar surface area (TPSA) is 46.2 Å². The van der Waals surface area contributed by atoms with Crippen molar-refractivity contribution in [3.63, 3.8) is 0 Å². The SMILES string of the molecule is CC(C)CNCC1(S(C)(=O)=O)CC2(CCC2)C1. The van der Waals surface area contributed by atoms with E-state index in [1.165, 1.54) is 25.5 Å². The third kappa shape index (κ3) is 2.39. The summed E-state index contributed by atoms with van der Waals surface area (Å²) in [5.74, 6) is 0.573. The van der Waals surface area contributed by atoms with Crippen molar-refractivity contribution in [3.8, 4) is 0 Å². The highest BCUT2D eigenvalue weighted by Crippen LogP contribution is 2.62. The van der Waals surface area contributed by atoms with Gasteiger partial charge in [-0.3, -0.25) is 0 Å². The van der Waals surface area contributed by atoms with E-state index >= 15 is 0 Å². The largest absolute Gasteiger partial charge is 0.315 e. The molecule has 0 aromatic carbocycles. The minimum Gasteiger partial charge on any atom is -0.315 e. The predicted octanol–water partition coefficient (Wildman–Crippen LogP) is 1.98. The highest BCUT2D eigenvalue weighted by Gasteiger charge is 2.61. The van der Waals surface area contributed by atoms with Gasteiger partial charge in [-0.1, -0.05) is 20.3 Å². The smallest absolute Gasteiger partial charge is 0.154 e. The van der Waals surface area contributed by atoms with Gasteiger partial charge in [-0.15, -0.1) is 0 Å². The molecule has 2 fully saturated rings. The number of hydrogen-bond donors (Lipinski definition) is 1. The average molecular weight is 259 g/mol. The Morgan fingerprint density at radius 3 is 2.18 bits per heavy atom. The zero-order valence-electron chi connectivity index (χ0n) is 11.3. The first-order valence-corrected chi connectivity index (χ1v) is 8.58. The van der Waals surface area contributed by atoms with Crippen molar-refractivity contribution < 1.29 is 8.42 Å². The second-order valence-corrected chi connectivity index (χ2v) is 9.10. The summed E-state index contributed by atoms with van der Waals surface area (Å²) in [5, 5.41) is 3.34. The fourth-order valence-corrected chi connectivity index (χ4v) is 4.95. The Kier molecular flexibility index (Phi) is 3.32. The molecule has 17 heavy (non-hydrogen) atoms. The van der Waals surface area contributed by atoms with E-state index in [0.717, 1.165) is 19.4 Å². The molecule has 4 heteroatoms. The molecule has 2 aliphatic carbocycles. The van der Waals surface area contributed by atoms with E-state index in [9.17, 15) is 8.42 Å². The van der Waals surface area contributed by atoms with Gasteiger partial charge in [0.25, 0.3) is 0 Å². The molecule has 0 amide bonds. The van der Waals surface area contributed by atoms with Gasteiger partial charge >= 0.3 is 0 Å². The second-order valence-electron chi connectivity index (χ2n) is 6.69. The van der Waals surface area contributed by atoms with Gasteiger partial charge in [-0.2, -0.15) is 0 Å². The highest BCUT2D eigenvalue weighted by atomic mass is 32.2. The molecule has 3 nitrogen and oxygen atoms in total. The van der Waals surface area contributed by atoms with Crippen molar-refractivity contribution in [2.45, 2.75) is 50.7 Å². The summed E-state index contributed by atoms with van der Waals surface area (Å²) in [6.07, 6.45) is 6.98. The van der Waals surface area contributed by atoms with Crippen LogP contribution in [0.2, 0.25) is 0 Å². The monoisotopic (exact) mass is 259 g/mol. The lowest BCUT2D eigenvalue weighted by Gasteiger charge is -2.60. The quantitative estimate of drug-likeness (QED) is 0.821. The molecule has 0 heterocycles. The van der Waals surface area contributed by atoms with Crippen molar-refractivity contribution in [1.29, 1.82) is 0 Å². The van der Waals surface area contributed by atoms with Gasteiger partial charge in [0.15, 0.2) is 9.84 Å². The van der Waals surface area contributed by atoms with Crippen LogP contribution in [0.5, 0.6) is 0 Å². The molecule has 0 radical (unpaired) electrons. The van der Waals surface area contributed by atoms with Gasteiger partial charge in [-0.25, -0.2) is 8.42 Å². The number of hydrogen-bond acceptors (Lipinski definition) is 3. The summed E-state index contributed by atoms with van der Waals surface area (Å²) in [5.41, 5.74) is 0.405. The van der Waals surface area contributed by atoms with Crippen LogP contribution in [0.15, 0.2) is 0 Å². The van der Waals surface area contributed by atoms with Gasteiger partial charge in [-0.05, 0) is 43.6 Å². The van der Waals surface area contributed by atoms with E-state index in [1.54, 1.807) is 0 Å². The maximum Gasteiger partial charge on any atom is 0.154 e. The molecule has 1 spiro atoms. The summed E-state index contributed by atoms with van der Waals surface area (Å²) >= 11 is 0.